The first kappa shape index (κ1) is 16.9. The van der Waals surface area contributed by atoms with E-state index in [9.17, 15) is 4.79 Å². The van der Waals surface area contributed by atoms with Crippen LogP contribution in [0.5, 0.6) is 0 Å². The molecule has 0 radical (unpaired) electrons. The van der Waals surface area contributed by atoms with Crippen molar-refractivity contribution >= 4 is 23.4 Å². The van der Waals surface area contributed by atoms with E-state index in [-0.39, 0.29) is 0 Å². The van der Waals surface area contributed by atoms with Crippen molar-refractivity contribution in [2.45, 2.75) is 6.54 Å². The summed E-state index contributed by atoms with van der Waals surface area (Å²) in [6.45, 7) is 4.79. The second kappa shape index (κ2) is 7.76. The first-order chi connectivity index (χ1) is 12.8. The highest BCUT2D eigenvalue weighted by Crippen LogP contribution is 2.26. The van der Waals surface area contributed by atoms with E-state index in [2.05, 4.69) is 26.9 Å². The van der Waals surface area contributed by atoms with Crippen molar-refractivity contribution in [3.05, 3.63) is 65.3 Å². The van der Waals surface area contributed by atoms with Crippen LogP contribution in [0.1, 0.15) is 15.4 Å². The van der Waals surface area contributed by atoms with E-state index in [1.165, 1.54) is 11.3 Å². The minimum atomic E-state index is 0.734. The van der Waals surface area contributed by atoms with E-state index < -0.39 is 0 Å². The minimum Gasteiger partial charge on any atom is -0.354 e. The third-order valence-corrected chi connectivity index (χ3v) is 5.57. The molecule has 6 heteroatoms. The van der Waals surface area contributed by atoms with Gasteiger partial charge in [-0.25, -0.2) is 4.98 Å². The third kappa shape index (κ3) is 3.81. The molecule has 0 atom stereocenters. The summed E-state index contributed by atoms with van der Waals surface area (Å²) < 4.78 is 0. The van der Waals surface area contributed by atoms with Crippen molar-refractivity contribution in [2.24, 2.45) is 0 Å². The molecule has 0 unspecified atom stereocenters. The van der Waals surface area contributed by atoms with E-state index in [1.54, 1.807) is 0 Å². The Bertz CT molecular complexity index is 872. The van der Waals surface area contributed by atoms with Gasteiger partial charge in [0.2, 0.25) is 0 Å². The highest BCUT2D eigenvalue weighted by Gasteiger charge is 2.18. The van der Waals surface area contributed by atoms with Crippen molar-refractivity contribution < 1.29 is 4.79 Å². The van der Waals surface area contributed by atoms with Crippen molar-refractivity contribution in [2.75, 3.05) is 31.1 Å². The van der Waals surface area contributed by atoms with Gasteiger partial charge in [0.25, 0.3) is 0 Å². The molecule has 1 aliphatic rings. The standard InChI is InChI=1S/C20H20N4OS/c25-15-17-7-8-19(26-17)18-5-3-4-16(22-18)14-23-10-12-24(13-11-23)20-6-1-2-9-21-20/h1-9,15H,10-14H2. The van der Waals surface area contributed by atoms with Crippen molar-refractivity contribution in [1.29, 1.82) is 0 Å². The highest BCUT2D eigenvalue weighted by atomic mass is 32.1. The summed E-state index contributed by atoms with van der Waals surface area (Å²) in [5, 5.41) is 0. The van der Waals surface area contributed by atoms with Gasteiger partial charge in [-0.15, -0.1) is 11.3 Å². The van der Waals surface area contributed by atoms with Crippen LogP contribution in [0.2, 0.25) is 0 Å². The fourth-order valence-corrected chi connectivity index (χ4v) is 3.96. The number of nitrogens with zero attached hydrogens (tertiary/aromatic N) is 4. The molecule has 3 aromatic heterocycles. The summed E-state index contributed by atoms with van der Waals surface area (Å²) in [5.74, 6) is 1.05. The summed E-state index contributed by atoms with van der Waals surface area (Å²) in [7, 11) is 0. The topological polar surface area (TPSA) is 49.3 Å². The van der Waals surface area contributed by atoms with Gasteiger partial charge in [0.1, 0.15) is 5.82 Å². The van der Waals surface area contributed by atoms with Gasteiger partial charge in [-0.1, -0.05) is 12.1 Å². The van der Waals surface area contributed by atoms with Crippen LogP contribution >= 0.6 is 11.3 Å². The van der Waals surface area contributed by atoms with Crippen LogP contribution in [0.25, 0.3) is 10.6 Å². The molecule has 1 saturated heterocycles. The van der Waals surface area contributed by atoms with Gasteiger partial charge in [0, 0.05) is 38.9 Å². The summed E-state index contributed by atoms with van der Waals surface area (Å²) in [6, 6.07) is 16.0. The predicted octanol–water partition coefficient (Wildman–Crippen LogP) is 3.34. The maximum Gasteiger partial charge on any atom is 0.160 e. The number of anilines is 1. The Labute approximate surface area is 156 Å². The molecule has 3 aromatic rings. The van der Waals surface area contributed by atoms with E-state index in [0.29, 0.717) is 0 Å². The number of hydrogen-bond acceptors (Lipinski definition) is 6. The molecule has 26 heavy (non-hydrogen) atoms. The normalized spacial score (nSPS) is 15.2. The van der Waals surface area contributed by atoms with Gasteiger partial charge in [0.15, 0.2) is 6.29 Å². The van der Waals surface area contributed by atoms with Crippen molar-refractivity contribution in [3.8, 4) is 10.6 Å². The number of carbonyl (C=O) groups is 1. The summed E-state index contributed by atoms with van der Waals surface area (Å²) in [5.41, 5.74) is 2.00. The Kier molecular flexibility index (Phi) is 5.04. The first-order valence-electron chi connectivity index (χ1n) is 8.71. The first-order valence-corrected chi connectivity index (χ1v) is 9.53. The lowest BCUT2D eigenvalue weighted by molar-refractivity contribution is 0.112. The maximum absolute atomic E-state index is 10.9. The molecule has 1 fully saturated rings. The van der Waals surface area contributed by atoms with Crippen LogP contribution in [0.15, 0.2) is 54.7 Å². The summed E-state index contributed by atoms with van der Waals surface area (Å²) in [6.07, 6.45) is 2.73. The second-order valence-electron chi connectivity index (χ2n) is 6.29. The van der Waals surface area contributed by atoms with E-state index in [4.69, 9.17) is 4.98 Å². The molecule has 0 saturated carbocycles. The van der Waals surface area contributed by atoms with Crippen LogP contribution in [0, 0.1) is 0 Å². The lowest BCUT2D eigenvalue weighted by Gasteiger charge is -2.35. The average molecular weight is 364 g/mol. The van der Waals surface area contributed by atoms with Crippen LogP contribution < -0.4 is 4.90 Å². The van der Waals surface area contributed by atoms with Gasteiger partial charge in [-0.05, 0) is 36.4 Å². The number of hydrogen-bond donors (Lipinski definition) is 0. The number of aldehydes is 1. The molecule has 0 spiro atoms. The van der Waals surface area contributed by atoms with Crippen molar-refractivity contribution in [1.82, 2.24) is 14.9 Å². The molecular formula is C20H20N4OS. The highest BCUT2D eigenvalue weighted by molar-refractivity contribution is 7.17. The molecule has 0 N–H and O–H groups in total. The van der Waals surface area contributed by atoms with E-state index in [0.717, 1.165) is 66.0 Å². The predicted molar refractivity (Wildman–Crippen MR) is 105 cm³/mol. The Morgan fingerprint density at radius 1 is 1.00 bits per heavy atom. The number of piperazine rings is 1. The Morgan fingerprint density at radius 2 is 1.88 bits per heavy atom. The van der Waals surface area contributed by atoms with Gasteiger partial charge in [0.05, 0.1) is 21.1 Å². The zero-order valence-corrected chi connectivity index (χ0v) is 15.2. The molecule has 0 bridgehead atoms. The van der Waals surface area contributed by atoms with E-state index >= 15 is 0 Å². The van der Waals surface area contributed by atoms with Gasteiger partial charge >= 0.3 is 0 Å². The second-order valence-corrected chi connectivity index (χ2v) is 7.40. The van der Waals surface area contributed by atoms with Crippen LogP contribution in [0.3, 0.4) is 0 Å². The van der Waals surface area contributed by atoms with Crippen LogP contribution in [-0.4, -0.2) is 47.3 Å². The summed E-state index contributed by atoms with van der Waals surface area (Å²) >= 11 is 1.48. The van der Waals surface area contributed by atoms with Crippen molar-refractivity contribution in [3.63, 3.8) is 0 Å². The molecule has 0 amide bonds. The molecule has 0 aromatic carbocycles. The Balaban J connectivity index is 1.39. The lowest BCUT2D eigenvalue weighted by Crippen LogP contribution is -2.46. The molecular weight excluding hydrogens is 344 g/mol. The molecule has 4 rings (SSSR count). The van der Waals surface area contributed by atoms with Crippen LogP contribution in [0.4, 0.5) is 5.82 Å². The fourth-order valence-electron chi connectivity index (χ4n) is 3.16. The maximum atomic E-state index is 10.9. The summed E-state index contributed by atoms with van der Waals surface area (Å²) in [4.78, 5) is 26.6. The zero-order valence-electron chi connectivity index (χ0n) is 14.4. The molecule has 4 heterocycles. The van der Waals surface area contributed by atoms with Crippen LogP contribution in [-0.2, 0) is 6.54 Å². The minimum absolute atomic E-state index is 0.734. The largest absolute Gasteiger partial charge is 0.354 e. The quantitative estimate of drug-likeness (QED) is 0.650. The van der Waals surface area contributed by atoms with Gasteiger partial charge in [-0.2, -0.15) is 0 Å². The molecule has 132 valence electrons. The van der Waals surface area contributed by atoms with Gasteiger partial charge < -0.3 is 4.90 Å². The monoisotopic (exact) mass is 364 g/mol. The average Bonchev–Trinajstić information content (AvgIpc) is 3.19. The van der Waals surface area contributed by atoms with E-state index in [1.807, 2.05) is 42.6 Å². The fraction of sp³-hybridized carbons (Fsp3) is 0.250. The number of carbonyl (C=O) groups excluding carboxylic acids is 1. The molecule has 1 aliphatic heterocycles. The van der Waals surface area contributed by atoms with Gasteiger partial charge in [-0.3, -0.25) is 14.7 Å². The SMILES string of the molecule is O=Cc1ccc(-c2cccc(CN3CCN(c4ccccn4)CC3)n2)s1. The molecule has 5 nitrogen and oxygen atoms in total. The zero-order chi connectivity index (χ0) is 17.8. The molecule has 0 aliphatic carbocycles. The number of aromatic nitrogens is 2. The number of pyridine rings is 2. The number of thiophene rings is 1. The number of rotatable bonds is 5. The Morgan fingerprint density at radius 3 is 2.62 bits per heavy atom. The Hall–Kier alpha value is -2.57. The smallest absolute Gasteiger partial charge is 0.160 e. The third-order valence-electron chi connectivity index (χ3n) is 4.53. The lowest BCUT2D eigenvalue weighted by atomic mass is 10.2.